The number of nitrogens with two attached hydrogens (primary N) is 1. The Hall–Kier alpha value is -2.15. The molecule has 0 aliphatic carbocycles. The van der Waals surface area contributed by atoms with E-state index in [2.05, 4.69) is 5.32 Å². The SMILES string of the molecule is CC(N)CCNC(=O)COc1ccccc1[N+](=O)[O-]. The lowest BCUT2D eigenvalue weighted by molar-refractivity contribution is -0.385. The number of hydrogen-bond donors (Lipinski definition) is 2. The molecule has 7 nitrogen and oxygen atoms in total. The predicted molar refractivity (Wildman–Crippen MR) is 69.9 cm³/mol. The first-order valence-electron chi connectivity index (χ1n) is 5.89. The molecule has 0 spiro atoms. The summed E-state index contributed by atoms with van der Waals surface area (Å²) in [6.45, 7) is 2.04. The number of benzene rings is 1. The molecule has 104 valence electrons. The van der Waals surface area contributed by atoms with Gasteiger partial charge in [0.25, 0.3) is 5.91 Å². The van der Waals surface area contributed by atoms with Gasteiger partial charge in [-0.25, -0.2) is 0 Å². The van der Waals surface area contributed by atoms with Crippen LogP contribution in [0.3, 0.4) is 0 Å². The third-order valence-corrected chi connectivity index (χ3v) is 2.34. The van der Waals surface area contributed by atoms with Crippen LogP contribution >= 0.6 is 0 Å². The summed E-state index contributed by atoms with van der Waals surface area (Å²) in [4.78, 5) is 21.6. The van der Waals surface area contributed by atoms with Crippen molar-refractivity contribution in [3.05, 3.63) is 34.4 Å². The van der Waals surface area contributed by atoms with Gasteiger partial charge in [0.05, 0.1) is 4.92 Å². The average Bonchev–Trinajstić information content (AvgIpc) is 2.36. The molecular weight excluding hydrogens is 250 g/mol. The van der Waals surface area contributed by atoms with E-state index in [1.165, 1.54) is 18.2 Å². The number of rotatable bonds is 7. The topological polar surface area (TPSA) is 107 Å². The van der Waals surface area contributed by atoms with Crippen molar-refractivity contribution in [3.8, 4) is 5.75 Å². The van der Waals surface area contributed by atoms with Gasteiger partial charge in [-0.15, -0.1) is 0 Å². The number of amides is 1. The van der Waals surface area contributed by atoms with Gasteiger partial charge in [0.1, 0.15) is 0 Å². The van der Waals surface area contributed by atoms with Gasteiger partial charge >= 0.3 is 5.69 Å². The van der Waals surface area contributed by atoms with Crippen LogP contribution in [0.25, 0.3) is 0 Å². The molecule has 1 atom stereocenters. The van der Waals surface area contributed by atoms with Crippen LogP contribution in [0.2, 0.25) is 0 Å². The van der Waals surface area contributed by atoms with Crippen LogP contribution in [-0.2, 0) is 4.79 Å². The molecule has 0 heterocycles. The van der Waals surface area contributed by atoms with Gasteiger partial charge in [-0.1, -0.05) is 12.1 Å². The molecule has 1 rings (SSSR count). The van der Waals surface area contributed by atoms with E-state index in [1.807, 2.05) is 6.92 Å². The van der Waals surface area contributed by atoms with Crippen molar-refractivity contribution in [1.29, 1.82) is 0 Å². The fraction of sp³-hybridized carbons (Fsp3) is 0.417. The summed E-state index contributed by atoms with van der Waals surface area (Å²) in [5, 5.41) is 13.3. The van der Waals surface area contributed by atoms with Crippen molar-refractivity contribution in [2.24, 2.45) is 5.73 Å². The number of para-hydroxylation sites is 2. The number of carbonyl (C=O) groups excluding carboxylic acids is 1. The largest absolute Gasteiger partial charge is 0.477 e. The molecular formula is C12H17N3O4. The zero-order valence-corrected chi connectivity index (χ0v) is 10.7. The van der Waals surface area contributed by atoms with Crippen molar-refractivity contribution in [3.63, 3.8) is 0 Å². The highest BCUT2D eigenvalue weighted by molar-refractivity contribution is 5.77. The molecule has 7 heteroatoms. The minimum absolute atomic E-state index is 0.0106. The van der Waals surface area contributed by atoms with Gasteiger partial charge in [0, 0.05) is 18.7 Å². The molecule has 0 saturated heterocycles. The van der Waals surface area contributed by atoms with Crippen LogP contribution in [0.15, 0.2) is 24.3 Å². The summed E-state index contributed by atoms with van der Waals surface area (Å²) in [6.07, 6.45) is 0.664. The lowest BCUT2D eigenvalue weighted by atomic mass is 10.2. The highest BCUT2D eigenvalue weighted by Crippen LogP contribution is 2.25. The molecule has 0 bridgehead atoms. The van der Waals surface area contributed by atoms with Gasteiger partial charge in [-0.2, -0.15) is 0 Å². The summed E-state index contributed by atoms with van der Waals surface area (Å²) < 4.78 is 5.13. The van der Waals surface area contributed by atoms with Crippen LogP contribution in [0, 0.1) is 10.1 Å². The van der Waals surface area contributed by atoms with Crippen molar-refractivity contribution in [1.82, 2.24) is 5.32 Å². The van der Waals surface area contributed by atoms with E-state index in [1.54, 1.807) is 6.07 Å². The smallest absolute Gasteiger partial charge is 0.310 e. The molecule has 0 aromatic heterocycles. The summed E-state index contributed by atoms with van der Waals surface area (Å²) in [5.41, 5.74) is 5.38. The van der Waals surface area contributed by atoms with Crippen molar-refractivity contribution in [2.45, 2.75) is 19.4 Å². The van der Waals surface area contributed by atoms with E-state index >= 15 is 0 Å². The Bertz CT molecular complexity index is 448. The standard InChI is InChI=1S/C12H17N3O4/c1-9(13)6-7-14-12(16)8-19-11-5-3-2-4-10(11)15(17)18/h2-5,9H,6-8,13H2,1H3,(H,14,16). The summed E-state index contributed by atoms with van der Waals surface area (Å²) in [7, 11) is 0. The first-order valence-corrected chi connectivity index (χ1v) is 5.89. The molecule has 1 aromatic rings. The molecule has 1 amide bonds. The quantitative estimate of drug-likeness (QED) is 0.562. The van der Waals surface area contributed by atoms with Crippen molar-refractivity contribution in [2.75, 3.05) is 13.2 Å². The van der Waals surface area contributed by atoms with E-state index in [4.69, 9.17) is 10.5 Å². The number of nitro benzene ring substituents is 1. The van der Waals surface area contributed by atoms with Crippen molar-refractivity contribution >= 4 is 11.6 Å². The molecule has 3 N–H and O–H groups in total. The Balaban J connectivity index is 2.44. The van der Waals surface area contributed by atoms with Gasteiger partial charge < -0.3 is 15.8 Å². The number of nitrogens with zero attached hydrogens (tertiary/aromatic N) is 1. The maximum atomic E-state index is 11.4. The molecule has 0 fully saturated rings. The minimum atomic E-state index is -0.552. The highest BCUT2D eigenvalue weighted by atomic mass is 16.6. The van der Waals surface area contributed by atoms with Gasteiger partial charge in [-0.3, -0.25) is 14.9 Å². The first kappa shape index (κ1) is 14.9. The van der Waals surface area contributed by atoms with Crippen LogP contribution in [-0.4, -0.2) is 30.0 Å². The third kappa shape index (κ3) is 5.35. The maximum absolute atomic E-state index is 11.4. The van der Waals surface area contributed by atoms with Crippen LogP contribution in [0.1, 0.15) is 13.3 Å². The van der Waals surface area contributed by atoms with Crippen LogP contribution in [0.4, 0.5) is 5.69 Å². The molecule has 0 radical (unpaired) electrons. The fourth-order valence-electron chi connectivity index (χ4n) is 1.36. The van der Waals surface area contributed by atoms with Crippen molar-refractivity contribution < 1.29 is 14.5 Å². The molecule has 0 aliphatic rings. The monoisotopic (exact) mass is 267 g/mol. The Labute approximate surface area is 110 Å². The first-order chi connectivity index (χ1) is 9.00. The number of carbonyl (C=O) groups is 1. The number of nitro groups is 1. The highest BCUT2D eigenvalue weighted by Gasteiger charge is 2.14. The Morgan fingerprint density at radius 1 is 1.53 bits per heavy atom. The van der Waals surface area contributed by atoms with Crippen LogP contribution < -0.4 is 15.8 Å². The lowest BCUT2D eigenvalue weighted by Crippen LogP contribution is -2.32. The van der Waals surface area contributed by atoms with E-state index < -0.39 is 4.92 Å². The van der Waals surface area contributed by atoms with Crippen LogP contribution in [0.5, 0.6) is 5.75 Å². The Kier molecular flexibility index (Phi) is 5.74. The summed E-state index contributed by atoms with van der Waals surface area (Å²) in [5.74, 6) is -0.256. The number of hydrogen-bond acceptors (Lipinski definition) is 5. The lowest BCUT2D eigenvalue weighted by Gasteiger charge is -2.08. The molecule has 1 unspecified atom stereocenters. The van der Waals surface area contributed by atoms with E-state index in [0.717, 1.165) is 0 Å². The minimum Gasteiger partial charge on any atom is -0.477 e. The van der Waals surface area contributed by atoms with E-state index in [0.29, 0.717) is 13.0 Å². The molecule has 19 heavy (non-hydrogen) atoms. The second kappa shape index (κ2) is 7.32. The summed E-state index contributed by atoms with van der Waals surface area (Å²) in [6, 6.07) is 5.93. The molecule has 0 saturated carbocycles. The molecule has 1 aromatic carbocycles. The second-order valence-corrected chi connectivity index (χ2v) is 4.13. The Morgan fingerprint density at radius 2 is 2.21 bits per heavy atom. The van der Waals surface area contributed by atoms with Gasteiger partial charge in [0.2, 0.25) is 0 Å². The van der Waals surface area contributed by atoms with Gasteiger partial charge in [0.15, 0.2) is 12.4 Å². The molecule has 0 aliphatic heterocycles. The Morgan fingerprint density at radius 3 is 2.84 bits per heavy atom. The maximum Gasteiger partial charge on any atom is 0.310 e. The normalized spacial score (nSPS) is 11.7. The van der Waals surface area contributed by atoms with E-state index in [9.17, 15) is 14.9 Å². The number of nitrogens with one attached hydrogen (secondary N) is 1. The predicted octanol–water partition coefficient (Wildman–Crippen LogP) is 0.827. The van der Waals surface area contributed by atoms with Gasteiger partial charge in [-0.05, 0) is 19.4 Å². The zero-order valence-electron chi connectivity index (χ0n) is 10.7. The number of ether oxygens (including phenoxy) is 1. The second-order valence-electron chi connectivity index (χ2n) is 4.13. The van der Waals surface area contributed by atoms with E-state index in [-0.39, 0.29) is 30.0 Å². The third-order valence-electron chi connectivity index (χ3n) is 2.34. The zero-order chi connectivity index (χ0) is 14.3. The average molecular weight is 267 g/mol. The fourth-order valence-corrected chi connectivity index (χ4v) is 1.36. The summed E-state index contributed by atoms with van der Waals surface area (Å²) >= 11 is 0.